The molecule has 0 spiro atoms. The van der Waals surface area contributed by atoms with Crippen molar-refractivity contribution in [2.75, 3.05) is 23.7 Å². The number of hydrogen-bond acceptors (Lipinski definition) is 4. The molecule has 0 amide bonds. The van der Waals surface area contributed by atoms with Crippen LogP contribution in [0.3, 0.4) is 0 Å². The zero-order chi connectivity index (χ0) is 13.4. The standard InChI is InChI=1S/C13H24N4O/c1-8(2)17-13(12(14)9(3)15-17)16-6-5-11(7-16)10(4)18/h8,10-11,18H,5-7,14H2,1-4H3. The Labute approximate surface area is 109 Å². The van der Waals surface area contributed by atoms with Crippen molar-refractivity contribution in [2.45, 2.75) is 46.3 Å². The van der Waals surface area contributed by atoms with Gasteiger partial charge in [-0.2, -0.15) is 5.10 Å². The second-order valence-electron chi connectivity index (χ2n) is 5.60. The fourth-order valence-electron chi connectivity index (χ4n) is 2.60. The molecule has 1 saturated heterocycles. The molecule has 5 nitrogen and oxygen atoms in total. The molecule has 1 aliphatic heterocycles. The lowest BCUT2D eigenvalue weighted by atomic mass is 10.0. The van der Waals surface area contributed by atoms with Gasteiger partial charge in [0.1, 0.15) is 0 Å². The monoisotopic (exact) mass is 252 g/mol. The van der Waals surface area contributed by atoms with Gasteiger partial charge in [0.2, 0.25) is 0 Å². The SMILES string of the molecule is Cc1nn(C(C)C)c(N2CCC(C(C)O)C2)c1N. The molecule has 0 bridgehead atoms. The minimum absolute atomic E-state index is 0.257. The molecule has 2 atom stereocenters. The van der Waals surface area contributed by atoms with Gasteiger partial charge < -0.3 is 15.7 Å². The van der Waals surface area contributed by atoms with Crippen LogP contribution in [0.25, 0.3) is 0 Å². The van der Waals surface area contributed by atoms with Crippen molar-refractivity contribution in [1.82, 2.24) is 9.78 Å². The molecule has 18 heavy (non-hydrogen) atoms. The predicted octanol–water partition coefficient (Wildman–Crippen LogP) is 1.56. The van der Waals surface area contributed by atoms with E-state index < -0.39 is 0 Å². The van der Waals surface area contributed by atoms with E-state index in [0.29, 0.717) is 12.0 Å². The molecule has 0 radical (unpaired) electrons. The van der Waals surface area contributed by atoms with Crippen molar-refractivity contribution in [3.05, 3.63) is 5.69 Å². The summed E-state index contributed by atoms with van der Waals surface area (Å²) < 4.78 is 2.00. The summed E-state index contributed by atoms with van der Waals surface area (Å²) in [4.78, 5) is 2.26. The molecule has 3 N–H and O–H groups in total. The third-order valence-electron chi connectivity index (χ3n) is 3.80. The van der Waals surface area contributed by atoms with Crippen LogP contribution < -0.4 is 10.6 Å². The Morgan fingerprint density at radius 1 is 1.39 bits per heavy atom. The summed E-state index contributed by atoms with van der Waals surface area (Å²) in [6, 6.07) is 0.293. The lowest BCUT2D eigenvalue weighted by Crippen LogP contribution is -2.27. The van der Waals surface area contributed by atoms with Crippen LogP contribution in [0, 0.1) is 12.8 Å². The first-order chi connectivity index (χ1) is 8.41. The largest absolute Gasteiger partial charge is 0.394 e. The smallest absolute Gasteiger partial charge is 0.150 e. The number of nitrogen functional groups attached to an aromatic ring is 1. The van der Waals surface area contributed by atoms with Crippen LogP contribution in [0.1, 0.15) is 38.9 Å². The van der Waals surface area contributed by atoms with Crippen LogP contribution >= 0.6 is 0 Å². The molecule has 5 heteroatoms. The summed E-state index contributed by atoms with van der Waals surface area (Å²) in [5.41, 5.74) is 7.82. The van der Waals surface area contributed by atoms with Crippen molar-refractivity contribution < 1.29 is 5.11 Å². The Kier molecular flexibility index (Phi) is 3.52. The Morgan fingerprint density at radius 3 is 2.56 bits per heavy atom. The molecule has 2 heterocycles. The van der Waals surface area contributed by atoms with Gasteiger partial charge in [-0.15, -0.1) is 0 Å². The van der Waals surface area contributed by atoms with Gasteiger partial charge in [0.15, 0.2) is 5.82 Å². The van der Waals surface area contributed by atoms with Crippen LogP contribution in [0.4, 0.5) is 11.5 Å². The number of aliphatic hydroxyl groups is 1. The first-order valence-corrected chi connectivity index (χ1v) is 6.69. The van der Waals surface area contributed by atoms with Crippen LogP contribution in [-0.2, 0) is 0 Å². The molecule has 1 aromatic rings. The number of nitrogens with two attached hydrogens (primary N) is 1. The number of aromatic nitrogens is 2. The first kappa shape index (κ1) is 13.2. The summed E-state index contributed by atoms with van der Waals surface area (Å²) in [5.74, 6) is 1.35. The average molecular weight is 252 g/mol. The molecule has 1 aliphatic rings. The highest BCUT2D eigenvalue weighted by Gasteiger charge is 2.30. The van der Waals surface area contributed by atoms with E-state index in [0.717, 1.165) is 36.7 Å². The van der Waals surface area contributed by atoms with Crippen molar-refractivity contribution in [1.29, 1.82) is 0 Å². The fourth-order valence-corrected chi connectivity index (χ4v) is 2.60. The Morgan fingerprint density at radius 2 is 2.06 bits per heavy atom. The lowest BCUT2D eigenvalue weighted by Gasteiger charge is -2.23. The molecule has 1 aromatic heterocycles. The van der Waals surface area contributed by atoms with Crippen LogP contribution in [0.15, 0.2) is 0 Å². The van der Waals surface area contributed by atoms with Crippen molar-refractivity contribution in [3.8, 4) is 0 Å². The van der Waals surface area contributed by atoms with E-state index in [2.05, 4.69) is 23.8 Å². The van der Waals surface area contributed by atoms with E-state index in [1.165, 1.54) is 0 Å². The summed E-state index contributed by atoms with van der Waals surface area (Å²) in [6.45, 7) is 9.83. The second kappa shape index (κ2) is 4.80. The molecule has 0 saturated carbocycles. The fraction of sp³-hybridized carbons (Fsp3) is 0.769. The third-order valence-corrected chi connectivity index (χ3v) is 3.80. The van der Waals surface area contributed by atoms with E-state index in [1.54, 1.807) is 0 Å². The van der Waals surface area contributed by atoms with E-state index in [1.807, 2.05) is 18.5 Å². The minimum Gasteiger partial charge on any atom is -0.394 e. The highest BCUT2D eigenvalue weighted by Crippen LogP contribution is 2.33. The van der Waals surface area contributed by atoms with Gasteiger partial charge in [-0.05, 0) is 34.1 Å². The first-order valence-electron chi connectivity index (χ1n) is 6.69. The maximum Gasteiger partial charge on any atom is 0.150 e. The summed E-state index contributed by atoms with van der Waals surface area (Å²) >= 11 is 0. The summed E-state index contributed by atoms with van der Waals surface area (Å²) in [5, 5.41) is 14.2. The Bertz CT molecular complexity index is 425. The number of anilines is 2. The normalized spacial score (nSPS) is 21.9. The quantitative estimate of drug-likeness (QED) is 0.856. The average Bonchev–Trinajstić information content (AvgIpc) is 2.85. The molecule has 0 aliphatic carbocycles. The molecule has 102 valence electrons. The van der Waals surface area contributed by atoms with Gasteiger partial charge in [0.05, 0.1) is 17.5 Å². The van der Waals surface area contributed by atoms with E-state index in [-0.39, 0.29) is 6.10 Å². The van der Waals surface area contributed by atoms with E-state index in [9.17, 15) is 5.11 Å². The second-order valence-corrected chi connectivity index (χ2v) is 5.60. The molecule has 2 unspecified atom stereocenters. The summed E-state index contributed by atoms with van der Waals surface area (Å²) in [7, 11) is 0. The Hall–Kier alpha value is -1.23. The molecule has 1 fully saturated rings. The predicted molar refractivity (Wildman–Crippen MR) is 73.8 cm³/mol. The molecule has 0 aromatic carbocycles. The topological polar surface area (TPSA) is 67.3 Å². The van der Waals surface area contributed by atoms with Crippen LogP contribution in [0.5, 0.6) is 0 Å². The van der Waals surface area contributed by atoms with Gasteiger partial charge in [0, 0.05) is 25.0 Å². The molecular weight excluding hydrogens is 228 g/mol. The summed E-state index contributed by atoms with van der Waals surface area (Å²) in [6.07, 6.45) is 0.757. The zero-order valence-corrected chi connectivity index (χ0v) is 11.7. The van der Waals surface area contributed by atoms with Gasteiger partial charge in [0.25, 0.3) is 0 Å². The number of hydrogen-bond donors (Lipinski definition) is 2. The number of aliphatic hydroxyl groups excluding tert-OH is 1. The number of aryl methyl sites for hydroxylation is 1. The third kappa shape index (κ3) is 2.19. The maximum absolute atomic E-state index is 9.69. The Balaban J connectivity index is 2.29. The lowest BCUT2D eigenvalue weighted by molar-refractivity contribution is 0.136. The van der Waals surface area contributed by atoms with E-state index >= 15 is 0 Å². The molecular formula is C13H24N4O. The van der Waals surface area contributed by atoms with Crippen molar-refractivity contribution in [3.63, 3.8) is 0 Å². The highest BCUT2D eigenvalue weighted by molar-refractivity contribution is 5.66. The van der Waals surface area contributed by atoms with Crippen molar-refractivity contribution >= 4 is 11.5 Å². The van der Waals surface area contributed by atoms with E-state index in [4.69, 9.17) is 5.73 Å². The number of nitrogens with zero attached hydrogens (tertiary/aromatic N) is 3. The van der Waals surface area contributed by atoms with Gasteiger partial charge in [-0.25, -0.2) is 4.68 Å². The maximum atomic E-state index is 9.69. The number of rotatable bonds is 3. The van der Waals surface area contributed by atoms with Crippen molar-refractivity contribution in [2.24, 2.45) is 5.92 Å². The zero-order valence-electron chi connectivity index (χ0n) is 11.7. The van der Waals surface area contributed by atoms with Gasteiger partial charge in [-0.1, -0.05) is 0 Å². The highest BCUT2D eigenvalue weighted by atomic mass is 16.3. The van der Waals surface area contributed by atoms with Crippen LogP contribution in [-0.4, -0.2) is 34.1 Å². The molecule has 2 rings (SSSR count). The minimum atomic E-state index is -0.257. The van der Waals surface area contributed by atoms with Crippen LogP contribution in [0.2, 0.25) is 0 Å². The van der Waals surface area contributed by atoms with Gasteiger partial charge >= 0.3 is 0 Å². The van der Waals surface area contributed by atoms with Gasteiger partial charge in [-0.3, -0.25) is 0 Å².